The Labute approximate surface area is 166 Å². The van der Waals surface area contributed by atoms with Crippen LogP contribution >= 0.6 is 11.3 Å². The average Bonchev–Trinajstić information content (AvgIpc) is 3.28. The van der Waals surface area contributed by atoms with Crippen molar-refractivity contribution >= 4 is 17.0 Å². The molecule has 0 saturated carbocycles. The predicted molar refractivity (Wildman–Crippen MR) is 113 cm³/mol. The van der Waals surface area contributed by atoms with Crippen molar-refractivity contribution in [3.63, 3.8) is 0 Å². The molecule has 0 N–H and O–H groups in total. The molecule has 146 valence electrons. The van der Waals surface area contributed by atoms with Crippen LogP contribution < -0.4 is 4.90 Å². The van der Waals surface area contributed by atoms with Gasteiger partial charge in [0.05, 0.1) is 24.4 Å². The molecule has 3 heterocycles. The smallest absolute Gasteiger partial charge is 0.0811 e. The van der Waals surface area contributed by atoms with Crippen LogP contribution in [-0.2, 0) is 4.74 Å². The number of nitrogens with zero attached hydrogens (tertiary/aromatic N) is 4. The van der Waals surface area contributed by atoms with E-state index >= 15 is 0 Å². The van der Waals surface area contributed by atoms with Crippen LogP contribution in [0.1, 0.15) is 12.8 Å². The first-order chi connectivity index (χ1) is 13.3. The van der Waals surface area contributed by atoms with E-state index in [4.69, 9.17) is 4.74 Å². The van der Waals surface area contributed by atoms with E-state index in [2.05, 4.69) is 56.4 Å². The minimum absolute atomic E-state index is 0.705. The fraction of sp³-hybridized carbons (Fsp3) is 0.571. The number of rotatable bonds is 6. The summed E-state index contributed by atoms with van der Waals surface area (Å²) in [6.45, 7) is 8.56. The maximum absolute atomic E-state index is 5.44. The topological polar surface area (TPSA) is 31.8 Å². The number of ether oxygens (including phenoxy) is 1. The average molecular weight is 387 g/mol. The van der Waals surface area contributed by atoms with E-state index in [1.165, 1.54) is 24.1 Å². The zero-order valence-corrected chi connectivity index (χ0v) is 17.0. The molecule has 2 fully saturated rings. The second kappa shape index (κ2) is 9.15. The molecule has 0 aliphatic carbocycles. The van der Waals surface area contributed by atoms with Gasteiger partial charge in [0, 0.05) is 61.9 Å². The number of likely N-dealkylation sites (N-methyl/N-ethyl adjacent to an activating group) is 1. The fourth-order valence-corrected chi connectivity index (χ4v) is 4.63. The molecule has 4 rings (SSSR count). The van der Waals surface area contributed by atoms with Crippen LogP contribution in [0.4, 0.5) is 5.69 Å². The first kappa shape index (κ1) is 18.9. The van der Waals surface area contributed by atoms with Crippen molar-refractivity contribution < 1.29 is 4.74 Å². The molecule has 2 aliphatic heterocycles. The maximum atomic E-state index is 5.44. The monoisotopic (exact) mass is 386 g/mol. The van der Waals surface area contributed by atoms with Crippen molar-refractivity contribution in [2.24, 2.45) is 0 Å². The Morgan fingerprint density at radius 3 is 2.52 bits per heavy atom. The van der Waals surface area contributed by atoms with E-state index < -0.39 is 0 Å². The lowest BCUT2D eigenvalue weighted by atomic mass is 10.0. The lowest BCUT2D eigenvalue weighted by Crippen LogP contribution is -2.47. The highest BCUT2D eigenvalue weighted by Crippen LogP contribution is 2.26. The van der Waals surface area contributed by atoms with Crippen LogP contribution in [0.3, 0.4) is 0 Å². The number of benzene rings is 1. The minimum Gasteiger partial charge on any atom is -0.379 e. The maximum Gasteiger partial charge on any atom is 0.0811 e. The van der Waals surface area contributed by atoms with Crippen LogP contribution in [0.15, 0.2) is 35.2 Å². The molecule has 0 bridgehead atoms. The van der Waals surface area contributed by atoms with Crippen molar-refractivity contribution in [1.29, 1.82) is 0 Å². The van der Waals surface area contributed by atoms with Crippen LogP contribution in [0.5, 0.6) is 0 Å². The van der Waals surface area contributed by atoms with E-state index in [0.29, 0.717) is 6.04 Å². The van der Waals surface area contributed by atoms with Gasteiger partial charge in [0.15, 0.2) is 0 Å². The van der Waals surface area contributed by atoms with Crippen LogP contribution in [0.2, 0.25) is 0 Å². The fourth-order valence-electron chi connectivity index (χ4n) is 4.07. The number of morpholine rings is 1. The highest BCUT2D eigenvalue weighted by molar-refractivity contribution is 7.07. The summed E-state index contributed by atoms with van der Waals surface area (Å²) in [5, 5.41) is 2.10. The Morgan fingerprint density at radius 1 is 1.11 bits per heavy atom. The van der Waals surface area contributed by atoms with Crippen LogP contribution in [0, 0.1) is 0 Å². The third-order valence-corrected chi connectivity index (χ3v) is 6.51. The molecule has 2 saturated heterocycles. The second-order valence-corrected chi connectivity index (χ2v) is 8.29. The van der Waals surface area contributed by atoms with E-state index in [9.17, 15) is 0 Å². The molecule has 2 aromatic rings. The summed E-state index contributed by atoms with van der Waals surface area (Å²) in [7, 11) is 2.30. The molecule has 1 aromatic carbocycles. The highest BCUT2D eigenvalue weighted by atomic mass is 32.1. The zero-order valence-electron chi connectivity index (χ0n) is 16.2. The third kappa shape index (κ3) is 4.88. The number of thiazole rings is 1. The first-order valence-electron chi connectivity index (χ1n) is 10.0. The highest BCUT2D eigenvalue weighted by Gasteiger charge is 2.23. The summed E-state index contributed by atoms with van der Waals surface area (Å²) in [6, 6.07) is 9.60. The molecule has 0 spiro atoms. The predicted octanol–water partition coefficient (Wildman–Crippen LogP) is 3.04. The van der Waals surface area contributed by atoms with Gasteiger partial charge >= 0.3 is 0 Å². The number of piperidine rings is 1. The lowest BCUT2D eigenvalue weighted by molar-refractivity contribution is 0.0320. The number of anilines is 1. The summed E-state index contributed by atoms with van der Waals surface area (Å²) in [4.78, 5) is 12.0. The Morgan fingerprint density at radius 2 is 1.85 bits per heavy atom. The molecule has 0 atom stereocenters. The molecule has 0 radical (unpaired) electrons. The van der Waals surface area contributed by atoms with E-state index in [1.807, 2.05) is 5.51 Å². The van der Waals surface area contributed by atoms with Crippen molar-refractivity contribution in [3.8, 4) is 11.3 Å². The van der Waals surface area contributed by atoms with Gasteiger partial charge in [-0.2, -0.15) is 0 Å². The third-order valence-electron chi connectivity index (χ3n) is 5.92. The minimum atomic E-state index is 0.705. The van der Waals surface area contributed by atoms with Crippen molar-refractivity contribution in [1.82, 2.24) is 14.8 Å². The summed E-state index contributed by atoms with van der Waals surface area (Å²) >= 11 is 1.65. The normalized spacial score (nSPS) is 19.7. The van der Waals surface area contributed by atoms with Gasteiger partial charge in [-0.15, -0.1) is 11.3 Å². The van der Waals surface area contributed by atoms with Gasteiger partial charge in [-0.25, -0.2) is 4.98 Å². The molecule has 27 heavy (non-hydrogen) atoms. The van der Waals surface area contributed by atoms with Gasteiger partial charge in [-0.3, -0.25) is 4.90 Å². The number of hydrogen-bond donors (Lipinski definition) is 0. The molecule has 6 heteroatoms. The second-order valence-electron chi connectivity index (χ2n) is 7.57. The Balaban J connectivity index is 1.24. The Kier molecular flexibility index (Phi) is 6.39. The van der Waals surface area contributed by atoms with Gasteiger partial charge in [-0.05, 0) is 32.0 Å². The van der Waals surface area contributed by atoms with Gasteiger partial charge < -0.3 is 14.5 Å². The summed E-state index contributed by atoms with van der Waals surface area (Å²) < 4.78 is 5.44. The Hall–Kier alpha value is -1.47. The zero-order chi connectivity index (χ0) is 18.5. The van der Waals surface area contributed by atoms with Gasteiger partial charge in [0.25, 0.3) is 0 Å². The first-order valence-corrected chi connectivity index (χ1v) is 11.0. The van der Waals surface area contributed by atoms with E-state index in [1.54, 1.807) is 11.3 Å². The Bertz CT molecular complexity index is 677. The molecular formula is C21H30N4OS. The van der Waals surface area contributed by atoms with Crippen molar-refractivity contribution in [2.75, 3.05) is 64.4 Å². The SMILES string of the molecule is CN(CCN1CCOCC1)C1CCN(c2ccc(-c3cscn3)cc2)CC1. The van der Waals surface area contributed by atoms with Crippen molar-refractivity contribution in [2.45, 2.75) is 18.9 Å². The number of aromatic nitrogens is 1. The summed E-state index contributed by atoms with van der Waals surface area (Å²) in [6.07, 6.45) is 2.49. The molecule has 0 amide bonds. The molecule has 5 nitrogen and oxygen atoms in total. The quantitative estimate of drug-likeness (QED) is 0.762. The van der Waals surface area contributed by atoms with Crippen LogP contribution in [-0.4, -0.2) is 80.4 Å². The van der Waals surface area contributed by atoms with Gasteiger partial charge in [-0.1, -0.05) is 12.1 Å². The number of hydrogen-bond acceptors (Lipinski definition) is 6. The van der Waals surface area contributed by atoms with Crippen molar-refractivity contribution in [3.05, 3.63) is 35.2 Å². The van der Waals surface area contributed by atoms with E-state index in [-0.39, 0.29) is 0 Å². The molecule has 2 aliphatic rings. The molecule has 0 unspecified atom stereocenters. The van der Waals surface area contributed by atoms with Gasteiger partial charge in [0.1, 0.15) is 0 Å². The van der Waals surface area contributed by atoms with Gasteiger partial charge in [0.2, 0.25) is 0 Å². The molecular weight excluding hydrogens is 356 g/mol. The lowest BCUT2D eigenvalue weighted by Gasteiger charge is -2.38. The van der Waals surface area contributed by atoms with Crippen LogP contribution in [0.25, 0.3) is 11.3 Å². The largest absolute Gasteiger partial charge is 0.379 e. The molecule has 1 aromatic heterocycles. The standard InChI is InChI=1S/C21H30N4OS/c1-23(10-11-24-12-14-26-15-13-24)19-6-8-25(9-7-19)20-4-2-18(3-5-20)21-16-27-17-22-21/h2-5,16-17,19H,6-15H2,1H3. The summed E-state index contributed by atoms with van der Waals surface area (Å²) in [5.41, 5.74) is 5.51. The summed E-state index contributed by atoms with van der Waals surface area (Å²) in [5.74, 6) is 0. The van der Waals surface area contributed by atoms with E-state index in [0.717, 1.165) is 58.2 Å².